The zero-order valence-corrected chi connectivity index (χ0v) is 12.9. The van der Waals surface area contributed by atoms with Crippen LogP contribution in [0.15, 0.2) is 18.2 Å². The summed E-state index contributed by atoms with van der Waals surface area (Å²) in [5.74, 6) is 0.462. The lowest BCUT2D eigenvalue weighted by atomic mass is 10.1. The van der Waals surface area contributed by atoms with Crippen molar-refractivity contribution in [1.82, 2.24) is 5.32 Å². The number of nitrogens with two attached hydrogens (primary N) is 1. The molecular weight excluding hydrogens is 292 g/mol. The maximum absolute atomic E-state index is 11.9. The van der Waals surface area contributed by atoms with Crippen molar-refractivity contribution in [1.29, 1.82) is 0 Å². The number of carbonyl (C=O) groups excluding carboxylic acids is 1. The summed E-state index contributed by atoms with van der Waals surface area (Å²) in [6.45, 7) is 3.20. The summed E-state index contributed by atoms with van der Waals surface area (Å²) in [6.07, 6.45) is 1.69. The number of halogens is 1. The number of hydrogen-bond acceptors (Lipinski definition) is 4. The van der Waals surface area contributed by atoms with Crippen LogP contribution in [-0.2, 0) is 9.53 Å². The Morgan fingerprint density at radius 2 is 2.24 bits per heavy atom. The van der Waals surface area contributed by atoms with Crippen molar-refractivity contribution < 1.29 is 14.3 Å². The first-order valence-corrected chi connectivity index (χ1v) is 7.49. The summed E-state index contributed by atoms with van der Waals surface area (Å²) in [5, 5.41) is 3.55. The lowest BCUT2D eigenvalue weighted by Gasteiger charge is -2.23. The molecule has 116 valence electrons. The van der Waals surface area contributed by atoms with Crippen LogP contribution < -0.4 is 15.8 Å². The third-order valence-electron chi connectivity index (χ3n) is 3.41. The molecule has 0 unspecified atom stereocenters. The minimum absolute atomic E-state index is 0.0291. The zero-order chi connectivity index (χ0) is 15.2. The number of hydrogen-bond donors (Lipinski definition) is 2. The SMILES string of the molecule is C[C@@H](N)c1cc(Cl)ccc1OCC(=O)NC1CCOCC1. The van der Waals surface area contributed by atoms with Crippen LogP contribution in [0.25, 0.3) is 0 Å². The molecule has 21 heavy (non-hydrogen) atoms. The average molecular weight is 313 g/mol. The first-order valence-electron chi connectivity index (χ1n) is 7.11. The summed E-state index contributed by atoms with van der Waals surface area (Å²) in [6, 6.07) is 5.19. The van der Waals surface area contributed by atoms with E-state index in [-0.39, 0.29) is 24.6 Å². The molecule has 0 radical (unpaired) electrons. The molecule has 1 aromatic carbocycles. The van der Waals surface area contributed by atoms with E-state index in [2.05, 4.69) is 5.32 Å². The number of rotatable bonds is 5. The fraction of sp³-hybridized carbons (Fsp3) is 0.533. The molecule has 2 rings (SSSR count). The van der Waals surface area contributed by atoms with Crippen molar-refractivity contribution in [3.8, 4) is 5.75 Å². The maximum Gasteiger partial charge on any atom is 0.258 e. The minimum atomic E-state index is -0.211. The smallest absolute Gasteiger partial charge is 0.258 e. The number of amides is 1. The number of benzene rings is 1. The van der Waals surface area contributed by atoms with Crippen LogP contribution in [-0.4, -0.2) is 31.8 Å². The molecule has 0 bridgehead atoms. The summed E-state index contributed by atoms with van der Waals surface area (Å²) >= 11 is 5.95. The van der Waals surface area contributed by atoms with Gasteiger partial charge in [0, 0.05) is 35.9 Å². The van der Waals surface area contributed by atoms with Crippen LogP contribution in [0.3, 0.4) is 0 Å². The Balaban J connectivity index is 1.88. The molecule has 5 nitrogen and oxygen atoms in total. The molecule has 1 amide bonds. The Hall–Kier alpha value is -1.30. The predicted molar refractivity (Wildman–Crippen MR) is 81.5 cm³/mol. The Morgan fingerprint density at radius 3 is 2.90 bits per heavy atom. The molecule has 1 aromatic rings. The van der Waals surface area contributed by atoms with E-state index in [1.807, 2.05) is 6.92 Å². The van der Waals surface area contributed by atoms with Crippen molar-refractivity contribution in [2.75, 3.05) is 19.8 Å². The van der Waals surface area contributed by atoms with Crippen molar-refractivity contribution in [3.63, 3.8) is 0 Å². The highest BCUT2D eigenvalue weighted by Crippen LogP contribution is 2.27. The van der Waals surface area contributed by atoms with Crippen LogP contribution in [0.5, 0.6) is 5.75 Å². The van der Waals surface area contributed by atoms with Crippen LogP contribution >= 0.6 is 11.6 Å². The van der Waals surface area contributed by atoms with Gasteiger partial charge in [0.05, 0.1) is 0 Å². The number of ether oxygens (including phenoxy) is 2. The summed E-state index contributed by atoms with van der Waals surface area (Å²) in [5.41, 5.74) is 6.68. The Kier molecular flexibility index (Phi) is 5.85. The Bertz CT molecular complexity index is 488. The highest BCUT2D eigenvalue weighted by molar-refractivity contribution is 6.30. The minimum Gasteiger partial charge on any atom is -0.483 e. The molecule has 1 aliphatic rings. The largest absolute Gasteiger partial charge is 0.483 e. The molecule has 1 saturated heterocycles. The Labute approximate surface area is 129 Å². The highest BCUT2D eigenvalue weighted by atomic mass is 35.5. The number of carbonyl (C=O) groups is 1. The van der Waals surface area contributed by atoms with E-state index in [4.69, 9.17) is 26.8 Å². The Morgan fingerprint density at radius 1 is 1.52 bits per heavy atom. The van der Waals surface area contributed by atoms with E-state index < -0.39 is 0 Å². The van der Waals surface area contributed by atoms with E-state index in [0.29, 0.717) is 24.0 Å². The van der Waals surface area contributed by atoms with Gasteiger partial charge < -0.3 is 20.5 Å². The molecule has 0 aromatic heterocycles. The molecule has 0 spiro atoms. The van der Waals surface area contributed by atoms with Gasteiger partial charge in [0.25, 0.3) is 5.91 Å². The molecule has 1 aliphatic heterocycles. The van der Waals surface area contributed by atoms with Gasteiger partial charge in [-0.1, -0.05) is 11.6 Å². The summed E-state index contributed by atoms with van der Waals surface area (Å²) in [4.78, 5) is 11.9. The highest BCUT2D eigenvalue weighted by Gasteiger charge is 2.17. The fourth-order valence-electron chi connectivity index (χ4n) is 2.26. The van der Waals surface area contributed by atoms with Gasteiger partial charge in [0.1, 0.15) is 5.75 Å². The van der Waals surface area contributed by atoms with E-state index in [0.717, 1.165) is 18.4 Å². The van der Waals surface area contributed by atoms with Gasteiger partial charge in [-0.3, -0.25) is 4.79 Å². The van der Waals surface area contributed by atoms with Gasteiger partial charge in [-0.05, 0) is 38.0 Å². The van der Waals surface area contributed by atoms with E-state index in [1.165, 1.54) is 0 Å². The molecule has 6 heteroatoms. The van der Waals surface area contributed by atoms with Gasteiger partial charge in [-0.25, -0.2) is 0 Å². The molecule has 3 N–H and O–H groups in total. The third-order valence-corrected chi connectivity index (χ3v) is 3.64. The van der Waals surface area contributed by atoms with Crippen LogP contribution in [0.1, 0.15) is 31.4 Å². The lowest BCUT2D eigenvalue weighted by molar-refractivity contribution is -0.124. The van der Waals surface area contributed by atoms with Gasteiger partial charge in [0.15, 0.2) is 6.61 Å². The van der Waals surface area contributed by atoms with Crippen LogP contribution in [0.2, 0.25) is 5.02 Å². The van der Waals surface area contributed by atoms with Crippen LogP contribution in [0, 0.1) is 0 Å². The van der Waals surface area contributed by atoms with Gasteiger partial charge in [-0.2, -0.15) is 0 Å². The normalized spacial score (nSPS) is 17.3. The second-order valence-electron chi connectivity index (χ2n) is 5.21. The van der Waals surface area contributed by atoms with Crippen molar-refractivity contribution in [3.05, 3.63) is 28.8 Å². The first-order chi connectivity index (χ1) is 10.1. The number of nitrogens with one attached hydrogen (secondary N) is 1. The molecule has 1 fully saturated rings. The second kappa shape index (κ2) is 7.64. The quantitative estimate of drug-likeness (QED) is 0.872. The second-order valence-corrected chi connectivity index (χ2v) is 5.65. The van der Waals surface area contributed by atoms with Crippen molar-refractivity contribution in [2.45, 2.75) is 31.8 Å². The van der Waals surface area contributed by atoms with Crippen molar-refractivity contribution in [2.24, 2.45) is 5.73 Å². The maximum atomic E-state index is 11.9. The lowest BCUT2D eigenvalue weighted by Crippen LogP contribution is -2.41. The summed E-state index contributed by atoms with van der Waals surface area (Å²) < 4.78 is 10.8. The molecule has 0 saturated carbocycles. The summed E-state index contributed by atoms with van der Waals surface area (Å²) in [7, 11) is 0. The molecule has 1 atom stereocenters. The van der Waals surface area contributed by atoms with Crippen molar-refractivity contribution >= 4 is 17.5 Å². The molecule has 0 aliphatic carbocycles. The van der Waals surface area contributed by atoms with Gasteiger partial charge in [-0.15, -0.1) is 0 Å². The third kappa shape index (κ3) is 4.88. The van der Waals surface area contributed by atoms with Gasteiger partial charge >= 0.3 is 0 Å². The van der Waals surface area contributed by atoms with Gasteiger partial charge in [0.2, 0.25) is 0 Å². The predicted octanol–water partition coefficient (Wildman–Crippen LogP) is 2.03. The zero-order valence-electron chi connectivity index (χ0n) is 12.1. The fourth-order valence-corrected chi connectivity index (χ4v) is 2.44. The standard InChI is InChI=1S/C15H21ClN2O3/c1-10(17)13-8-11(16)2-3-14(13)21-9-15(19)18-12-4-6-20-7-5-12/h2-3,8,10,12H,4-7,9,17H2,1H3,(H,18,19)/t10-/m1/s1. The molecule has 1 heterocycles. The monoisotopic (exact) mass is 312 g/mol. The van der Waals surface area contributed by atoms with E-state index in [9.17, 15) is 4.79 Å². The van der Waals surface area contributed by atoms with E-state index >= 15 is 0 Å². The molecular formula is C15H21ClN2O3. The average Bonchev–Trinajstić information content (AvgIpc) is 2.47. The van der Waals surface area contributed by atoms with Crippen LogP contribution in [0.4, 0.5) is 0 Å². The first kappa shape index (κ1) is 16.1. The topological polar surface area (TPSA) is 73.6 Å². The van der Waals surface area contributed by atoms with E-state index in [1.54, 1.807) is 18.2 Å².